The molecule has 1 atom stereocenters. The van der Waals surface area contributed by atoms with Crippen LogP contribution in [0.5, 0.6) is 5.75 Å². The van der Waals surface area contributed by atoms with Crippen LogP contribution in [0.15, 0.2) is 65.3 Å². The molecule has 0 aliphatic heterocycles. The number of benzene rings is 2. The molecular formula is C23H18N2O3. The zero-order chi connectivity index (χ0) is 19.1. The van der Waals surface area contributed by atoms with Crippen LogP contribution in [-0.4, -0.2) is 22.9 Å². The van der Waals surface area contributed by atoms with E-state index in [9.17, 15) is 4.79 Å². The molecule has 0 N–H and O–H groups in total. The van der Waals surface area contributed by atoms with Crippen molar-refractivity contribution >= 4 is 16.9 Å². The molecule has 138 valence electrons. The van der Waals surface area contributed by atoms with E-state index in [-0.39, 0.29) is 11.7 Å². The van der Waals surface area contributed by atoms with Gasteiger partial charge in [0.2, 0.25) is 5.89 Å². The molecule has 0 saturated carbocycles. The molecule has 0 bridgehead atoms. The van der Waals surface area contributed by atoms with Crippen molar-refractivity contribution in [3.05, 3.63) is 77.6 Å². The largest absolute Gasteiger partial charge is 0.497 e. The van der Waals surface area contributed by atoms with E-state index in [4.69, 9.17) is 9.15 Å². The van der Waals surface area contributed by atoms with Crippen LogP contribution in [-0.2, 0) is 6.42 Å². The molecule has 0 radical (unpaired) electrons. The summed E-state index contributed by atoms with van der Waals surface area (Å²) in [7, 11) is 1.64. The Morgan fingerprint density at radius 1 is 1.14 bits per heavy atom. The summed E-state index contributed by atoms with van der Waals surface area (Å²) in [6.45, 7) is 0. The van der Waals surface area contributed by atoms with Crippen molar-refractivity contribution in [1.82, 2.24) is 9.97 Å². The summed E-state index contributed by atoms with van der Waals surface area (Å²) < 4.78 is 11.1. The number of Topliss-reactive ketones (excluding diaryl/α,β-unsaturated/α-hetero) is 1. The number of oxazole rings is 1. The average molecular weight is 370 g/mol. The smallest absolute Gasteiger partial charge is 0.228 e. The summed E-state index contributed by atoms with van der Waals surface area (Å²) in [5, 5.41) is 0. The van der Waals surface area contributed by atoms with Gasteiger partial charge in [-0.3, -0.25) is 9.78 Å². The predicted octanol–water partition coefficient (Wildman–Crippen LogP) is 4.81. The predicted molar refractivity (Wildman–Crippen MR) is 106 cm³/mol. The van der Waals surface area contributed by atoms with E-state index < -0.39 is 0 Å². The van der Waals surface area contributed by atoms with E-state index in [1.165, 1.54) is 0 Å². The highest BCUT2D eigenvalue weighted by Gasteiger charge is 2.29. The molecule has 0 amide bonds. The second-order valence-electron chi connectivity index (χ2n) is 6.97. The fourth-order valence-electron chi connectivity index (χ4n) is 3.85. The van der Waals surface area contributed by atoms with Crippen LogP contribution in [0.2, 0.25) is 0 Å². The molecule has 5 heteroatoms. The number of aromatic nitrogens is 2. The highest BCUT2D eigenvalue weighted by molar-refractivity contribution is 6.03. The fraction of sp³-hybridized carbons (Fsp3) is 0.174. The standard InChI is InChI=1S/C23H18N2O3/c1-27-17-6-8-19-14(11-17)4-7-18(22(19)26)15-5-9-21-20(12-15)25-23(28-21)16-3-2-10-24-13-16/h2-3,5-6,8-13,18H,4,7H2,1H3. The molecule has 5 nitrogen and oxygen atoms in total. The van der Waals surface area contributed by atoms with Crippen molar-refractivity contribution in [2.45, 2.75) is 18.8 Å². The first-order chi connectivity index (χ1) is 13.7. The van der Waals surface area contributed by atoms with Gasteiger partial charge in [-0.25, -0.2) is 4.98 Å². The van der Waals surface area contributed by atoms with E-state index in [2.05, 4.69) is 9.97 Å². The third kappa shape index (κ3) is 2.76. The lowest BCUT2D eigenvalue weighted by Crippen LogP contribution is -2.21. The van der Waals surface area contributed by atoms with Crippen LogP contribution >= 0.6 is 0 Å². The van der Waals surface area contributed by atoms with Gasteiger partial charge in [-0.15, -0.1) is 0 Å². The maximum atomic E-state index is 13.1. The van der Waals surface area contributed by atoms with Crippen LogP contribution < -0.4 is 4.74 Å². The second kappa shape index (κ2) is 6.60. The molecule has 5 rings (SSSR count). The summed E-state index contributed by atoms with van der Waals surface area (Å²) in [6, 6.07) is 15.3. The number of ether oxygens (including phenoxy) is 1. The Balaban J connectivity index is 1.50. The first-order valence-electron chi connectivity index (χ1n) is 9.25. The zero-order valence-corrected chi connectivity index (χ0v) is 15.4. The Morgan fingerprint density at radius 3 is 2.89 bits per heavy atom. The van der Waals surface area contributed by atoms with E-state index in [1.807, 2.05) is 48.5 Å². The number of methoxy groups -OCH3 is 1. The van der Waals surface area contributed by atoms with Gasteiger partial charge >= 0.3 is 0 Å². The highest BCUT2D eigenvalue weighted by Crippen LogP contribution is 2.35. The molecule has 2 aromatic carbocycles. The van der Waals surface area contributed by atoms with Gasteiger partial charge in [0, 0.05) is 23.9 Å². The van der Waals surface area contributed by atoms with Gasteiger partial charge in [0.1, 0.15) is 11.3 Å². The maximum Gasteiger partial charge on any atom is 0.228 e. The molecule has 2 aromatic heterocycles. The van der Waals surface area contributed by atoms with Gasteiger partial charge in [-0.2, -0.15) is 0 Å². The van der Waals surface area contributed by atoms with Crippen LogP contribution in [0.1, 0.15) is 33.8 Å². The Labute approximate surface area is 162 Å². The number of ketones is 1. The van der Waals surface area contributed by atoms with Crippen LogP contribution in [0.3, 0.4) is 0 Å². The van der Waals surface area contributed by atoms with Gasteiger partial charge in [0.25, 0.3) is 0 Å². The van der Waals surface area contributed by atoms with E-state index in [0.717, 1.165) is 46.4 Å². The Kier molecular flexibility index (Phi) is 3.93. The minimum Gasteiger partial charge on any atom is -0.497 e. The summed E-state index contributed by atoms with van der Waals surface area (Å²) >= 11 is 0. The van der Waals surface area contributed by atoms with Gasteiger partial charge < -0.3 is 9.15 Å². The average Bonchev–Trinajstić information content (AvgIpc) is 3.18. The molecular weight excluding hydrogens is 352 g/mol. The van der Waals surface area contributed by atoms with Gasteiger partial charge in [-0.05, 0) is 66.4 Å². The monoisotopic (exact) mass is 370 g/mol. The molecule has 2 heterocycles. The van der Waals surface area contributed by atoms with Gasteiger partial charge in [-0.1, -0.05) is 6.07 Å². The summed E-state index contributed by atoms with van der Waals surface area (Å²) in [5.74, 6) is 1.31. The molecule has 1 unspecified atom stereocenters. The third-order valence-corrected chi connectivity index (χ3v) is 5.32. The number of pyridine rings is 1. The summed E-state index contributed by atoms with van der Waals surface area (Å²) in [4.78, 5) is 21.8. The molecule has 0 fully saturated rings. The van der Waals surface area contributed by atoms with Crippen molar-refractivity contribution in [3.63, 3.8) is 0 Å². The second-order valence-corrected chi connectivity index (χ2v) is 6.97. The van der Waals surface area contributed by atoms with Crippen molar-refractivity contribution in [1.29, 1.82) is 0 Å². The van der Waals surface area contributed by atoms with E-state index in [0.29, 0.717) is 11.5 Å². The molecule has 28 heavy (non-hydrogen) atoms. The number of carbonyl (C=O) groups excluding carboxylic acids is 1. The van der Waals surface area contributed by atoms with Crippen molar-refractivity contribution in [3.8, 4) is 17.2 Å². The Hall–Kier alpha value is -3.47. The number of fused-ring (bicyclic) bond motifs is 2. The minimum absolute atomic E-state index is 0.152. The lowest BCUT2D eigenvalue weighted by molar-refractivity contribution is 0.0946. The first kappa shape index (κ1) is 16.7. The lowest BCUT2D eigenvalue weighted by atomic mass is 9.79. The minimum atomic E-state index is -0.163. The topological polar surface area (TPSA) is 65.2 Å². The fourth-order valence-corrected chi connectivity index (χ4v) is 3.85. The van der Waals surface area contributed by atoms with Crippen LogP contribution in [0.4, 0.5) is 0 Å². The number of nitrogens with zero attached hydrogens (tertiary/aromatic N) is 2. The van der Waals surface area contributed by atoms with Crippen molar-refractivity contribution < 1.29 is 13.9 Å². The summed E-state index contributed by atoms with van der Waals surface area (Å²) in [5.41, 5.74) is 5.11. The number of rotatable bonds is 3. The zero-order valence-electron chi connectivity index (χ0n) is 15.4. The SMILES string of the molecule is COc1ccc2c(c1)CCC(c1ccc3oc(-c4cccnc4)nc3c1)C2=O. The number of hydrogen-bond acceptors (Lipinski definition) is 5. The summed E-state index contributed by atoms with van der Waals surface area (Å²) in [6.07, 6.45) is 5.06. The normalized spacial score (nSPS) is 16.2. The Bertz CT molecular complexity index is 1180. The van der Waals surface area contributed by atoms with Crippen LogP contribution in [0.25, 0.3) is 22.6 Å². The quantitative estimate of drug-likeness (QED) is 0.518. The first-order valence-corrected chi connectivity index (χ1v) is 9.25. The number of carbonyl (C=O) groups is 1. The molecule has 4 aromatic rings. The van der Waals surface area contributed by atoms with Crippen molar-refractivity contribution in [2.24, 2.45) is 0 Å². The van der Waals surface area contributed by atoms with E-state index >= 15 is 0 Å². The number of hydrogen-bond donors (Lipinski definition) is 0. The van der Waals surface area contributed by atoms with Crippen LogP contribution in [0, 0.1) is 0 Å². The highest BCUT2D eigenvalue weighted by atomic mass is 16.5. The molecule has 0 saturated heterocycles. The number of aryl methyl sites for hydroxylation is 1. The maximum absolute atomic E-state index is 13.1. The third-order valence-electron chi connectivity index (χ3n) is 5.32. The van der Waals surface area contributed by atoms with Gasteiger partial charge in [0.05, 0.1) is 12.7 Å². The van der Waals surface area contributed by atoms with Gasteiger partial charge in [0.15, 0.2) is 11.4 Å². The lowest BCUT2D eigenvalue weighted by Gasteiger charge is -2.24. The molecule has 0 spiro atoms. The molecule has 1 aliphatic carbocycles. The molecule has 1 aliphatic rings. The van der Waals surface area contributed by atoms with Crippen molar-refractivity contribution in [2.75, 3.05) is 7.11 Å². The Morgan fingerprint density at radius 2 is 2.07 bits per heavy atom. The van der Waals surface area contributed by atoms with E-state index in [1.54, 1.807) is 19.5 Å².